The van der Waals surface area contributed by atoms with Crippen LogP contribution in [0.5, 0.6) is 0 Å². The minimum atomic E-state index is 0.965. The molecule has 0 unspecified atom stereocenters. The molecule has 0 spiro atoms. The maximum atomic E-state index is 4.37. The van der Waals surface area contributed by atoms with Crippen LogP contribution >= 0.6 is 11.3 Å². The number of guanidine groups is 1. The summed E-state index contributed by atoms with van der Waals surface area (Å²) in [5.74, 6) is 0.973. The number of nitrogens with one attached hydrogen (secondary N) is 2. The Hall–Kier alpha value is -1.36. The van der Waals surface area contributed by atoms with Gasteiger partial charge in [0.2, 0.25) is 0 Å². The molecule has 2 heterocycles. The summed E-state index contributed by atoms with van der Waals surface area (Å²) in [6, 6.07) is 2.10. The Morgan fingerprint density at radius 2 is 2.20 bits per heavy atom. The third kappa shape index (κ3) is 2.36. The molecule has 2 N–H and O–H groups in total. The van der Waals surface area contributed by atoms with Gasteiger partial charge < -0.3 is 0 Å². The summed E-state index contributed by atoms with van der Waals surface area (Å²) in [5, 5.41) is 12.9. The highest BCUT2D eigenvalue weighted by Gasteiger charge is 2.15. The normalized spacial score (nSPS) is 15.5. The maximum absolute atomic E-state index is 4.37. The van der Waals surface area contributed by atoms with E-state index in [-0.39, 0.29) is 0 Å². The molecule has 1 aromatic heterocycles. The molecule has 15 heavy (non-hydrogen) atoms. The summed E-state index contributed by atoms with van der Waals surface area (Å²) in [4.78, 5) is 1.21. The van der Waals surface area contributed by atoms with Crippen molar-refractivity contribution in [3.63, 3.8) is 0 Å². The number of hydrazone groups is 1. The topological polar surface area (TPSA) is 39.4 Å². The molecule has 2 rings (SSSR count). The van der Waals surface area contributed by atoms with Crippen molar-refractivity contribution in [2.75, 3.05) is 20.1 Å². The van der Waals surface area contributed by atoms with Crippen molar-refractivity contribution in [3.8, 4) is 0 Å². The predicted octanol–water partition coefficient (Wildman–Crippen LogP) is 0.582. The van der Waals surface area contributed by atoms with Crippen molar-refractivity contribution in [3.05, 3.63) is 21.9 Å². The molecule has 0 bridgehead atoms. The molecule has 4 nitrogen and oxygen atoms in total. The zero-order valence-corrected chi connectivity index (χ0v) is 9.77. The average Bonchev–Trinajstić information content (AvgIpc) is 2.85. The lowest BCUT2D eigenvalue weighted by atomic mass is 10.3. The molecule has 1 saturated heterocycles. The summed E-state index contributed by atoms with van der Waals surface area (Å²) in [7, 11) is 1.93. The van der Waals surface area contributed by atoms with Crippen molar-refractivity contribution in [2.24, 2.45) is 5.10 Å². The van der Waals surface area contributed by atoms with E-state index in [1.54, 1.807) is 11.3 Å². The van der Waals surface area contributed by atoms with Gasteiger partial charge in [-0.05, 0) is 23.9 Å². The molecule has 1 aromatic rings. The lowest BCUT2D eigenvalue weighted by Gasteiger charge is -1.96. The number of thiophene rings is 1. The van der Waals surface area contributed by atoms with Crippen molar-refractivity contribution >= 4 is 23.5 Å². The third-order valence-electron chi connectivity index (χ3n) is 2.28. The van der Waals surface area contributed by atoms with E-state index in [1.807, 2.05) is 17.9 Å². The third-order valence-corrected chi connectivity index (χ3v) is 3.24. The smallest absolute Gasteiger partial charge is 0.273 e. The molecule has 0 amide bonds. The average molecular weight is 223 g/mol. The summed E-state index contributed by atoms with van der Waals surface area (Å²) in [6.45, 7) is 4.03. The van der Waals surface area contributed by atoms with Gasteiger partial charge in [-0.2, -0.15) is 0 Å². The highest BCUT2D eigenvalue weighted by Crippen LogP contribution is 2.12. The first-order chi connectivity index (χ1) is 7.27. The molecule has 5 heteroatoms. The number of nitrogens with zero attached hydrogens (tertiary/aromatic N) is 2. The van der Waals surface area contributed by atoms with Gasteiger partial charge in [0, 0.05) is 0 Å². The summed E-state index contributed by atoms with van der Waals surface area (Å²) in [6.07, 6.45) is 1.90. The lowest BCUT2D eigenvalue weighted by molar-refractivity contribution is -0.505. The Kier molecular flexibility index (Phi) is 3.01. The van der Waals surface area contributed by atoms with Crippen molar-refractivity contribution < 1.29 is 4.68 Å². The van der Waals surface area contributed by atoms with Crippen LogP contribution in [-0.2, 0) is 0 Å². The van der Waals surface area contributed by atoms with E-state index in [4.69, 9.17) is 0 Å². The number of aryl methyl sites for hydroxylation is 1. The van der Waals surface area contributed by atoms with Crippen LogP contribution in [-0.4, -0.2) is 37.0 Å². The van der Waals surface area contributed by atoms with Crippen LogP contribution in [0.2, 0.25) is 0 Å². The molecule has 0 aromatic carbocycles. The zero-order chi connectivity index (χ0) is 10.7. The van der Waals surface area contributed by atoms with Crippen LogP contribution in [0.1, 0.15) is 10.4 Å². The van der Waals surface area contributed by atoms with Crippen LogP contribution in [0.15, 0.2) is 16.5 Å². The van der Waals surface area contributed by atoms with Crippen molar-refractivity contribution in [1.29, 1.82) is 0 Å². The van der Waals surface area contributed by atoms with Gasteiger partial charge >= 0.3 is 5.96 Å². The minimum Gasteiger partial charge on any atom is -0.273 e. The monoisotopic (exact) mass is 223 g/mol. The van der Waals surface area contributed by atoms with Crippen LogP contribution in [0, 0.1) is 6.92 Å². The number of hydrogen-bond donors (Lipinski definition) is 2. The standard InChI is InChI=1S/C10H14N4S/c1-8-3-6-15-9(8)7-13-14(2)10-11-4-5-12-10/h3,6-7H,4-5H2,1-2H3,(H,11,12)/p+1/b13-7+. The molecule has 0 aliphatic carbocycles. The predicted molar refractivity (Wildman–Crippen MR) is 63.8 cm³/mol. The molecule has 0 atom stereocenters. The van der Waals surface area contributed by atoms with E-state index in [0.717, 1.165) is 19.0 Å². The summed E-state index contributed by atoms with van der Waals surface area (Å²) >= 11 is 1.71. The van der Waals surface area contributed by atoms with Crippen LogP contribution in [0.25, 0.3) is 0 Å². The lowest BCUT2D eigenvalue weighted by Crippen LogP contribution is -2.31. The Morgan fingerprint density at radius 1 is 1.47 bits per heavy atom. The van der Waals surface area contributed by atoms with E-state index >= 15 is 0 Å². The molecule has 1 aliphatic rings. The summed E-state index contributed by atoms with van der Waals surface area (Å²) in [5.41, 5.74) is 1.27. The fraction of sp³-hybridized carbons (Fsp3) is 0.400. The van der Waals surface area contributed by atoms with Gasteiger partial charge in [-0.1, -0.05) is 0 Å². The molecule has 0 radical (unpaired) electrons. The Balaban J connectivity index is 2.11. The van der Waals surface area contributed by atoms with Crippen LogP contribution in [0.3, 0.4) is 0 Å². The summed E-state index contributed by atoms with van der Waals surface area (Å²) < 4.78 is 1.83. The molecular weight excluding hydrogens is 208 g/mol. The van der Waals surface area contributed by atoms with Crippen molar-refractivity contribution in [2.45, 2.75) is 6.92 Å². The van der Waals surface area contributed by atoms with E-state index in [9.17, 15) is 0 Å². The Labute approximate surface area is 93.3 Å². The molecule has 0 saturated carbocycles. The second-order valence-electron chi connectivity index (χ2n) is 3.44. The maximum Gasteiger partial charge on any atom is 0.369 e. The first kappa shape index (κ1) is 10.2. The second kappa shape index (κ2) is 4.44. The highest BCUT2D eigenvalue weighted by molar-refractivity contribution is 7.11. The van der Waals surface area contributed by atoms with Gasteiger partial charge in [-0.15, -0.1) is 21.1 Å². The first-order valence-corrected chi connectivity index (χ1v) is 5.82. The van der Waals surface area contributed by atoms with Gasteiger partial charge in [-0.25, -0.2) is 0 Å². The van der Waals surface area contributed by atoms with Gasteiger partial charge in [-0.3, -0.25) is 10.6 Å². The van der Waals surface area contributed by atoms with Crippen LogP contribution < -0.4 is 10.6 Å². The molecule has 80 valence electrons. The van der Waals surface area contributed by atoms with E-state index in [1.165, 1.54) is 10.4 Å². The zero-order valence-electron chi connectivity index (χ0n) is 8.95. The fourth-order valence-corrected chi connectivity index (χ4v) is 2.15. The largest absolute Gasteiger partial charge is 0.369 e. The fourth-order valence-electron chi connectivity index (χ4n) is 1.37. The SMILES string of the molecule is Cc1ccsc1/C=N/[N+](C)=C1NCCN1. The van der Waals surface area contributed by atoms with Gasteiger partial charge in [0.25, 0.3) is 0 Å². The van der Waals surface area contributed by atoms with E-state index in [2.05, 4.69) is 34.1 Å². The molecule has 1 aliphatic heterocycles. The van der Waals surface area contributed by atoms with Crippen molar-refractivity contribution in [1.82, 2.24) is 10.6 Å². The van der Waals surface area contributed by atoms with Gasteiger partial charge in [0.1, 0.15) is 0 Å². The van der Waals surface area contributed by atoms with E-state index < -0.39 is 0 Å². The molecule has 1 fully saturated rings. The Bertz CT molecular complexity index is 397. The number of hydrogen-bond acceptors (Lipinski definition) is 2. The molecular formula is C10H15N4S+. The van der Waals surface area contributed by atoms with E-state index in [0.29, 0.717) is 0 Å². The van der Waals surface area contributed by atoms with Crippen LogP contribution in [0.4, 0.5) is 0 Å². The minimum absolute atomic E-state index is 0.965. The van der Waals surface area contributed by atoms with Gasteiger partial charge in [0.05, 0.1) is 31.2 Å². The first-order valence-electron chi connectivity index (χ1n) is 4.94. The highest BCUT2D eigenvalue weighted by atomic mass is 32.1. The second-order valence-corrected chi connectivity index (χ2v) is 4.39. The van der Waals surface area contributed by atoms with Gasteiger partial charge in [0.15, 0.2) is 0 Å². The number of rotatable bonds is 2. The Morgan fingerprint density at radius 3 is 2.80 bits per heavy atom. The quantitative estimate of drug-likeness (QED) is 0.437.